The summed E-state index contributed by atoms with van der Waals surface area (Å²) in [6.45, 7) is 5.07. The van der Waals surface area contributed by atoms with E-state index in [0.717, 1.165) is 6.42 Å². The number of carbonyl (C=O) groups excluding carboxylic acids is 1. The smallest absolute Gasteiger partial charge is 0.307 e. The summed E-state index contributed by atoms with van der Waals surface area (Å²) in [5, 5.41) is 3.37. The van der Waals surface area contributed by atoms with Gasteiger partial charge in [0.05, 0.1) is 13.0 Å². The van der Waals surface area contributed by atoms with Crippen LogP contribution in [-0.4, -0.2) is 19.1 Å². The second-order valence-electron chi connectivity index (χ2n) is 3.88. The maximum Gasteiger partial charge on any atom is 0.307 e. The number of rotatable bonds is 7. The van der Waals surface area contributed by atoms with Gasteiger partial charge in [-0.1, -0.05) is 37.3 Å². The summed E-state index contributed by atoms with van der Waals surface area (Å²) in [6.07, 6.45) is 1.43. The molecule has 1 unspecified atom stereocenters. The standard InChI is InChI=1S/C14H21NO2/c1-3-13(12-8-6-5-7-9-12)15-11-10-14(16)17-4-2/h5-9,13,15H,3-4,10-11H2,1-2H3. The molecule has 3 nitrogen and oxygen atoms in total. The fourth-order valence-electron chi connectivity index (χ4n) is 1.76. The molecule has 1 atom stereocenters. The first-order valence-electron chi connectivity index (χ1n) is 6.21. The van der Waals surface area contributed by atoms with Crippen LogP contribution in [-0.2, 0) is 9.53 Å². The third kappa shape index (κ3) is 5.00. The van der Waals surface area contributed by atoms with Gasteiger partial charge in [-0.15, -0.1) is 0 Å². The van der Waals surface area contributed by atoms with E-state index in [2.05, 4.69) is 24.4 Å². The summed E-state index contributed by atoms with van der Waals surface area (Å²) in [4.78, 5) is 11.2. The van der Waals surface area contributed by atoms with Crippen LogP contribution >= 0.6 is 0 Å². The molecule has 1 rings (SSSR count). The van der Waals surface area contributed by atoms with Gasteiger partial charge in [-0.2, -0.15) is 0 Å². The van der Waals surface area contributed by atoms with E-state index in [1.807, 2.05) is 25.1 Å². The van der Waals surface area contributed by atoms with Crippen molar-refractivity contribution in [2.45, 2.75) is 32.7 Å². The van der Waals surface area contributed by atoms with E-state index in [9.17, 15) is 4.79 Å². The average molecular weight is 235 g/mol. The molecule has 0 aliphatic heterocycles. The molecule has 0 bridgehead atoms. The zero-order valence-corrected chi connectivity index (χ0v) is 10.6. The summed E-state index contributed by atoms with van der Waals surface area (Å²) in [7, 11) is 0. The number of ether oxygens (including phenoxy) is 1. The molecule has 1 N–H and O–H groups in total. The van der Waals surface area contributed by atoms with Crippen LogP contribution in [0, 0.1) is 0 Å². The molecule has 0 radical (unpaired) electrons. The number of esters is 1. The van der Waals surface area contributed by atoms with Crippen molar-refractivity contribution < 1.29 is 9.53 Å². The number of hydrogen-bond acceptors (Lipinski definition) is 3. The number of benzene rings is 1. The summed E-state index contributed by atoms with van der Waals surface area (Å²) in [5.74, 6) is -0.136. The average Bonchev–Trinajstić information content (AvgIpc) is 2.36. The Bertz CT molecular complexity index is 324. The largest absolute Gasteiger partial charge is 0.466 e. The lowest BCUT2D eigenvalue weighted by Gasteiger charge is -2.17. The van der Waals surface area contributed by atoms with Crippen molar-refractivity contribution in [3.63, 3.8) is 0 Å². The predicted molar refractivity (Wildman–Crippen MR) is 68.7 cm³/mol. The molecule has 0 fully saturated rings. The maximum atomic E-state index is 11.2. The van der Waals surface area contributed by atoms with Crippen molar-refractivity contribution in [2.75, 3.05) is 13.2 Å². The van der Waals surface area contributed by atoms with Gasteiger partial charge in [-0.05, 0) is 18.9 Å². The van der Waals surface area contributed by atoms with Gasteiger partial charge in [0.25, 0.3) is 0 Å². The highest BCUT2D eigenvalue weighted by molar-refractivity contribution is 5.69. The Balaban J connectivity index is 2.36. The number of nitrogens with one attached hydrogen (secondary N) is 1. The Morgan fingerprint density at radius 1 is 1.29 bits per heavy atom. The monoisotopic (exact) mass is 235 g/mol. The second-order valence-corrected chi connectivity index (χ2v) is 3.88. The van der Waals surface area contributed by atoms with Gasteiger partial charge < -0.3 is 10.1 Å². The van der Waals surface area contributed by atoms with Gasteiger partial charge in [0, 0.05) is 12.6 Å². The van der Waals surface area contributed by atoms with Gasteiger partial charge in [0.1, 0.15) is 0 Å². The minimum Gasteiger partial charge on any atom is -0.466 e. The summed E-state index contributed by atoms with van der Waals surface area (Å²) >= 11 is 0. The predicted octanol–water partition coefficient (Wildman–Crippen LogP) is 2.68. The minimum atomic E-state index is -0.136. The fourth-order valence-corrected chi connectivity index (χ4v) is 1.76. The SMILES string of the molecule is CCOC(=O)CCNC(CC)c1ccccc1. The lowest BCUT2D eigenvalue weighted by Crippen LogP contribution is -2.24. The van der Waals surface area contributed by atoms with Crippen LogP contribution in [0.2, 0.25) is 0 Å². The van der Waals surface area contributed by atoms with E-state index in [4.69, 9.17) is 4.74 Å². The summed E-state index contributed by atoms with van der Waals surface area (Å²) in [6, 6.07) is 10.6. The lowest BCUT2D eigenvalue weighted by atomic mass is 10.0. The molecule has 0 heterocycles. The van der Waals surface area contributed by atoms with Crippen molar-refractivity contribution in [3.8, 4) is 0 Å². The highest BCUT2D eigenvalue weighted by Gasteiger charge is 2.08. The maximum absolute atomic E-state index is 11.2. The van der Waals surface area contributed by atoms with Crippen molar-refractivity contribution in [1.29, 1.82) is 0 Å². The van der Waals surface area contributed by atoms with Crippen molar-refractivity contribution in [1.82, 2.24) is 5.32 Å². The zero-order chi connectivity index (χ0) is 12.5. The molecule has 94 valence electrons. The van der Waals surface area contributed by atoms with Crippen LogP contribution in [0.3, 0.4) is 0 Å². The van der Waals surface area contributed by atoms with E-state index in [1.165, 1.54) is 5.56 Å². The molecule has 0 aromatic heterocycles. The Kier molecular flexibility index (Phi) is 6.33. The molecule has 0 amide bonds. The molecule has 0 saturated heterocycles. The first-order valence-corrected chi connectivity index (χ1v) is 6.21. The first-order chi connectivity index (χ1) is 8.27. The molecule has 1 aromatic carbocycles. The molecule has 3 heteroatoms. The molecule has 0 saturated carbocycles. The lowest BCUT2D eigenvalue weighted by molar-refractivity contribution is -0.143. The third-order valence-corrected chi connectivity index (χ3v) is 2.64. The van der Waals surface area contributed by atoms with Crippen LogP contribution in [0.5, 0.6) is 0 Å². The molecular weight excluding hydrogens is 214 g/mol. The number of hydrogen-bond donors (Lipinski definition) is 1. The van der Waals surface area contributed by atoms with Gasteiger partial charge in [0.2, 0.25) is 0 Å². The second kappa shape index (κ2) is 7.85. The molecule has 17 heavy (non-hydrogen) atoms. The van der Waals surface area contributed by atoms with E-state index in [-0.39, 0.29) is 5.97 Å². The number of carbonyl (C=O) groups is 1. The highest BCUT2D eigenvalue weighted by Crippen LogP contribution is 2.15. The molecule has 0 aliphatic rings. The van der Waals surface area contributed by atoms with Crippen LogP contribution in [0.25, 0.3) is 0 Å². The summed E-state index contributed by atoms with van der Waals surface area (Å²) in [5.41, 5.74) is 1.26. The zero-order valence-electron chi connectivity index (χ0n) is 10.6. The molecule has 0 aliphatic carbocycles. The van der Waals surface area contributed by atoms with Crippen LogP contribution in [0.1, 0.15) is 38.3 Å². The Morgan fingerprint density at radius 2 is 2.00 bits per heavy atom. The van der Waals surface area contributed by atoms with Crippen molar-refractivity contribution >= 4 is 5.97 Å². The quantitative estimate of drug-likeness (QED) is 0.738. The highest BCUT2D eigenvalue weighted by atomic mass is 16.5. The van der Waals surface area contributed by atoms with Gasteiger partial charge in [0.15, 0.2) is 0 Å². The van der Waals surface area contributed by atoms with Gasteiger partial charge in [-0.3, -0.25) is 4.79 Å². The molecule has 0 spiro atoms. The van der Waals surface area contributed by atoms with Gasteiger partial charge in [-0.25, -0.2) is 0 Å². The third-order valence-electron chi connectivity index (χ3n) is 2.64. The van der Waals surface area contributed by atoms with E-state index in [1.54, 1.807) is 0 Å². The first kappa shape index (κ1) is 13.7. The van der Waals surface area contributed by atoms with Crippen LogP contribution in [0.15, 0.2) is 30.3 Å². The van der Waals surface area contributed by atoms with Crippen LogP contribution in [0.4, 0.5) is 0 Å². The summed E-state index contributed by atoms with van der Waals surface area (Å²) < 4.78 is 4.88. The Labute approximate surface area is 103 Å². The minimum absolute atomic E-state index is 0.136. The molecular formula is C14H21NO2. The van der Waals surface area contributed by atoms with E-state index < -0.39 is 0 Å². The molecule has 1 aromatic rings. The van der Waals surface area contributed by atoms with Crippen molar-refractivity contribution in [2.24, 2.45) is 0 Å². The Morgan fingerprint density at radius 3 is 2.59 bits per heavy atom. The van der Waals surface area contributed by atoms with E-state index >= 15 is 0 Å². The Hall–Kier alpha value is -1.35. The van der Waals surface area contributed by atoms with E-state index in [0.29, 0.717) is 25.6 Å². The van der Waals surface area contributed by atoms with Crippen molar-refractivity contribution in [3.05, 3.63) is 35.9 Å². The van der Waals surface area contributed by atoms with Gasteiger partial charge >= 0.3 is 5.97 Å². The van der Waals surface area contributed by atoms with Crippen LogP contribution < -0.4 is 5.32 Å². The fraction of sp³-hybridized carbons (Fsp3) is 0.500. The topological polar surface area (TPSA) is 38.3 Å². The normalized spacial score (nSPS) is 12.1.